The molecule has 0 radical (unpaired) electrons. The summed E-state index contributed by atoms with van der Waals surface area (Å²) in [4.78, 5) is 2.73. The summed E-state index contributed by atoms with van der Waals surface area (Å²) in [5, 5.41) is 3.48. The molecule has 2 aliphatic rings. The fraction of sp³-hybridized carbons (Fsp3) is 0.472. The maximum absolute atomic E-state index is 4.29. The summed E-state index contributed by atoms with van der Waals surface area (Å²) in [6.45, 7) is 28.7. The van der Waals surface area contributed by atoms with Crippen molar-refractivity contribution in [1.82, 2.24) is 5.32 Å². The van der Waals surface area contributed by atoms with Crippen molar-refractivity contribution in [1.29, 1.82) is 0 Å². The number of thiophene rings is 1. The zero-order valence-electron chi connectivity index (χ0n) is 24.9. The van der Waals surface area contributed by atoms with Crippen LogP contribution in [0.1, 0.15) is 89.3 Å². The molecule has 1 nitrogen and oxygen atoms in total. The van der Waals surface area contributed by atoms with Gasteiger partial charge in [0.25, 0.3) is 0 Å². The summed E-state index contributed by atoms with van der Waals surface area (Å²) < 4.78 is 0. The minimum atomic E-state index is 0.519. The average Bonchev–Trinajstić information content (AvgIpc) is 3.40. The third-order valence-corrected chi connectivity index (χ3v) is 9.18. The van der Waals surface area contributed by atoms with E-state index < -0.39 is 0 Å². The summed E-state index contributed by atoms with van der Waals surface area (Å²) in [5.74, 6) is 3.02. The predicted molar refractivity (Wildman–Crippen MR) is 172 cm³/mol. The van der Waals surface area contributed by atoms with Crippen molar-refractivity contribution in [3.05, 3.63) is 107 Å². The van der Waals surface area contributed by atoms with Gasteiger partial charge in [-0.25, -0.2) is 0 Å². The fourth-order valence-corrected chi connectivity index (χ4v) is 6.73. The zero-order valence-corrected chi connectivity index (χ0v) is 25.7. The molecule has 4 unspecified atom stereocenters. The first-order chi connectivity index (χ1) is 18.2. The molecule has 3 rings (SSSR count). The first-order valence-electron chi connectivity index (χ1n) is 14.4. The van der Waals surface area contributed by atoms with Gasteiger partial charge in [0.1, 0.15) is 0 Å². The van der Waals surface area contributed by atoms with Crippen molar-refractivity contribution in [2.75, 3.05) is 6.54 Å². The predicted octanol–water partition coefficient (Wildman–Crippen LogP) is 10.8. The van der Waals surface area contributed by atoms with E-state index in [0.29, 0.717) is 29.6 Å². The highest BCUT2D eigenvalue weighted by molar-refractivity contribution is 7.13. The van der Waals surface area contributed by atoms with Crippen LogP contribution in [-0.2, 0) is 0 Å². The number of allylic oxidation sites excluding steroid dienone is 8. The van der Waals surface area contributed by atoms with Crippen LogP contribution in [0, 0.1) is 23.7 Å². The molecule has 1 heterocycles. The van der Waals surface area contributed by atoms with Crippen LogP contribution in [0.15, 0.2) is 96.9 Å². The normalized spacial score (nSPS) is 21.3. The van der Waals surface area contributed by atoms with Gasteiger partial charge in [-0.2, -0.15) is 0 Å². The molecule has 0 bridgehead atoms. The summed E-state index contributed by atoms with van der Waals surface area (Å²) in [6, 6.07) is 4.58. The lowest BCUT2D eigenvalue weighted by Crippen LogP contribution is -2.20. The summed E-state index contributed by atoms with van der Waals surface area (Å²) in [5.41, 5.74) is 9.71. The Labute approximate surface area is 238 Å². The molecule has 0 aliphatic heterocycles. The van der Waals surface area contributed by atoms with Gasteiger partial charge in [0.15, 0.2) is 0 Å². The fourth-order valence-electron chi connectivity index (χ4n) is 5.64. The molecule has 1 N–H and O–H groups in total. The summed E-state index contributed by atoms with van der Waals surface area (Å²) in [7, 11) is 0. The topological polar surface area (TPSA) is 12.0 Å². The van der Waals surface area contributed by atoms with Crippen molar-refractivity contribution in [3.63, 3.8) is 0 Å². The molecule has 1 aromatic heterocycles. The zero-order chi connectivity index (χ0) is 28.2. The molecular weight excluding hydrogens is 478 g/mol. The second-order valence-electron chi connectivity index (χ2n) is 11.2. The SMILES string of the molecule is C=C.C=C=C(C)CCNC(=C)c1ccc(C(CCC)CC2=CC(C)C(C3=CCC(C(C)C)C=C3)C(C)=C2)s1. The van der Waals surface area contributed by atoms with Crippen molar-refractivity contribution < 1.29 is 0 Å². The van der Waals surface area contributed by atoms with Crippen molar-refractivity contribution in [2.45, 2.75) is 79.6 Å². The van der Waals surface area contributed by atoms with E-state index >= 15 is 0 Å². The maximum atomic E-state index is 4.29. The quantitative estimate of drug-likeness (QED) is 0.210. The molecule has 1 aromatic rings. The van der Waals surface area contributed by atoms with Crippen molar-refractivity contribution in [3.8, 4) is 0 Å². The van der Waals surface area contributed by atoms with E-state index in [0.717, 1.165) is 25.1 Å². The first kappa shape index (κ1) is 31.7. The van der Waals surface area contributed by atoms with Crippen LogP contribution in [-0.4, -0.2) is 6.54 Å². The molecule has 0 aromatic carbocycles. The Kier molecular flexibility index (Phi) is 13.1. The molecule has 2 aliphatic carbocycles. The van der Waals surface area contributed by atoms with E-state index in [1.165, 1.54) is 51.3 Å². The van der Waals surface area contributed by atoms with E-state index in [9.17, 15) is 0 Å². The van der Waals surface area contributed by atoms with Gasteiger partial charge in [-0.15, -0.1) is 30.2 Å². The van der Waals surface area contributed by atoms with Crippen molar-refractivity contribution in [2.24, 2.45) is 23.7 Å². The minimum absolute atomic E-state index is 0.519. The number of nitrogens with one attached hydrogen (secondary N) is 1. The second kappa shape index (κ2) is 15.8. The summed E-state index contributed by atoms with van der Waals surface area (Å²) in [6.07, 6.45) is 18.1. The highest BCUT2D eigenvalue weighted by Crippen LogP contribution is 2.41. The third-order valence-electron chi connectivity index (χ3n) is 7.87. The van der Waals surface area contributed by atoms with E-state index in [1.54, 1.807) is 0 Å². The Hall–Kier alpha value is -2.54. The standard InChI is InChI=1S/C34H47NS.C2H4/c1-9-11-31(33-17-16-32(36-33)27(8)35-19-18-24(5)10-2)22-28-20-25(6)34(26(7)21-28)30-14-12-29(13-15-30)23(3)4;1-2/h12,14-17,20-21,23,25,29,31,34-35H,2,8-9,11,13,18-19,22H2,1,3-7H3;1-2H2. The lowest BCUT2D eigenvalue weighted by Gasteiger charge is -2.32. The lowest BCUT2D eigenvalue weighted by atomic mass is 9.73. The van der Waals surface area contributed by atoms with E-state index in [-0.39, 0.29) is 0 Å². The highest BCUT2D eigenvalue weighted by atomic mass is 32.1. The third kappa shape index (κ3) is 8.75. The molecule has 2 heteroatoms. The largest absolute Gasteiger partial charge is 0.384 e. The van der Waals surface area contributed by atoms with Crippen LogP contribution >= 0.6 is 11.3 Å². The Morgan fingerprint density at radius 3 is 2.55 bits per heavy atom. The molecule has 0 saturated heterocycles. The van der Waals surface area contributed by atoms with Crippen LogP contribution in [0.4, 0.5) is 0 Å². The van der Waals surface area contributed by atoms with E-state index in [1.807, 2.05) is 11.3 Å². The summed E-state index contributed by atoms with van der Waals surface area (Å²) >= 11 is 1.91. The Morgan fingerprint density at radius 2 is 1.97 bits per heavy atom. The van der Waals surface area contributed by atoms with Gasteiger partial charge in [-0.1, -0.05) is 88.8 Å². The molecule has 0 spiro atoms. The van der Waals surface area contributed by atoms with Crippen molar-refractivity contribution >= 4 is 17.0 Å². The van der Waals surface area contributed by atoms with Gasteiger partial charge in [-0.3, -0.25) is 0 Å². The number of rotatable bonds is 12. The van der Waals surface area contributed by atoms with Gasteiger partial charge in [-0.05, 0) is 86.5 Å². The van der Waals surface area contributed by atoms with Gasteiger partial charge in [0, 0.05) is 27.9 Å². The van der Waals surface area contributed by atoms with Crippen LogP contribution < -0.4 is 5.32 Å². The average molecular weight is 530 g/mol. The minimum Gasteiger partial charge on any atom is -0.384 e. The Balaban J connectivity index is 0.00000247. The van der Waals surface area contributed by atoms with Crippen LogP contribution in [0.5, 0.6) is 0 Å². The first-order valence-corrected chi connectivity index (χ1v) is 15.2. The number of hydrogen-bond acceptors (Lipinski definition) is 2. The lowest BCUT2D eigenvalue weighted by molar-refractivity contribution is 0.458. The molecule has 4 atom stereocenters. The van der Waals surface area contributed by atoms with Gasteiger partial charge < -0.3 is 5.32 Å². The molecule has 0 saturated carbocycles. The monoisotopic (exact) mass is 529 g/mol. The molecule has 0 amide bonds. The van der Waals surface area contributed by atoms with Gasteiger partial charge in [0.05, 0.1) is 0 Å². The van der Waals surface area contributed by atoms with Gasteiger partial charge in [0.2, 0.25) is 0 Å². The Bertz CT molecular complexity index is 1100. The smallest absolute Gasteiger partial charge is 0.0498 e. The van der Waals surface area contributed by atoms with Crippen LogP contribution in [0.25, 0.3) is 5.70 Å². The highest BCUT2D eigenvalue weighted by Gasteiger charge is 2.27. The number of hydrogen-bond donors (Lipinski definition) is 1. The van der Waals surface area contributed by atoms with E-state index in [2.05, 4.69) is 121 Å². The van der Waals surface area contributed by atoms with Crippen LogP contribution in [0.3, 0.4) is 0 Å². The molecule has 38 heavy (non-hydrogen) atoms. The van der Waals surface area contributed by atoms with Crippen LogP contribution in [0.2, 0.25) is 0 Å². The second-order valence-corrected chi connectivity index (χ2v) is 12.3. The van der Waals surface area contributed by atoms with E-state index in [4.69, 9.17) is 0 Å². The maximum Gasteiger partial charge on any atom is 0.0498 e. The molecule has 0 fully saturated rings. The Morgan fingerprint density at radius 1 is 1.24 bits per heavy atom. The van der Waals surface area contributed by atoms with Gasteiger partial charge >= 0.3 is 0 Å². The molecule has 206 valence electrons. The molecular formula is C36H51NS.